The Kier molecular flexibility index (Phi) is 6.42. The highest BCUT2D eigenvalue weighted by Crippen LogP contribution is 2.36. The van der Waals surface area contributed by atoms with Crippen LogP contribution in [0.1, 0.15) is 25.9 Å². The minimum absolute atomic E-state index is 0.154. The SMILES string of the molecule is CON=Cc1ccc(-c2ccccc2NC(=O)c2sc(C)nc2C(F)(F)F)cc1Cl. The number of aromatic nitrogens is 1. The van der Waals surface area contributed by atoms with E-state index in [4.69, 9.17) is 11.6 Å². The molecule has 0 aliphatic rings. The molecule has 0 saturated heterocycles. The van der Waals surface area contributed by atoms with Crippen LogP contribution in [0.15, 0.2) is 47.6 Å². The normalized spacial score (nSPS) is 11.7. The van der Waals surface area contributed by atoms with Gasteiger partial charge in [-0.3, -0.25) is 4.79 Å². The van der Waals surface area contributed by atoms with Gasteiger partial charge in [0.15, 0.2) is 5.69 Å². The van der Waals surface area contributed by atoms with Crippen molar-refractivity contribution in [3.8, 4) is 11.1 Å². The smallest absolute Gasteiger partial charge is 0.399 e. The molecule has 1 amide bonds. The van der Waals surface area contributed by atoms with Crippen LogP contribution in [-0.4, -0.2) is 24.2 Å². The highest BCUT2D eigenvalue weighted by atomic mass is 35.5. The molecular formula is C20H15ClF3N3O2S. The second-order valence-corrected chi connectivity index (χ2v) is 7.67. The van der Waals surface area contributed by atoms with E-state index in [0.29, 0.717) is 38.7 Å². The molecule has 10 heteroatoms. The number of carbonyl (C=O) groups is 1. The van der Waals surface area contributed by atoms with E-state index in [2.05, 4.69) is 20.3 Å². The fourth-order valence-corrected chi connectivity index (χ4v) is 3.77. The van der Waals surface area contributed by atoms with Gasteiger partial charge in [0.2, 0.25) is 0 Å². The zero-order valence-electron chi connectivity index (χ0n) is 15.7. The Labute approximate surface area is 179 Å². The van der Waals surface area contributed by atoms with Gasteiger partial charge in [-0.15, -0.1) is 11.3 Å². The first kappa shape index (κ1) is 21.8. The molecule has 3 aromatic rings. The first-order valence-electron chi connectivity index (χ1n) is 8.52. The lowest BCUT2D eigenvalue weighted by molar-refractivity contribution is -0.141. The van der Waals surface area contributed by atoms with E-state index in [9.17, 15) is 18.0 Å². The van der Waals surface area contributed by atoms with Crippen LogP contribution in [0, 0.1) is 6.92 Å². The first-order valence-corrected chi connectivity index (χ1v) is 9.71. The fourth-order valence-electron chi connectivity index (χ4n) is 2.70. The van der Waals surface area contributed by atoms with Crippen molar-refractivity contribution in [2.24, 2.45) is 5.16 Å². The molecule has 2 aromatic carbocycles. The van der Waals surface area contributed by atoms with E-state index in [1.807, 2.05) is 0 Å². The molecule has 0 radical (unpaired) electrons. The topological polar surface area (TPSA) is 63.6 Å². The fraction of sp³-hybridized carbons (Fsp3) is 0.150. The minimum Gasteiger partial charge on any atom is -0.399 e. The number of hydrogen-bond acceptors (Lipinski definition) is 5. The Morgan fingerprint density at radius 2 is 2.00 bits per heavy atom. The van der Waals surface area contributed by atoms with Gasteiger partial charge in [-0.1, -0.05) is 47.1 Å². The summed E-state index contributed by atoms with van der Waals surface area (Å²) in [5, 5.41) is 6.77. The number of oxime groups is 1. The van der Waals surface area contributed by atoms with E-state index < -0.39 is 22.7 Å². The van der Waals surface area contributed by atoms with Crippen molar-refractivity contribution < 1.29 is 22.8 Å². The van der Waals surface area contributed by atoms with E-state index >= 15 is 0 Å². The Balaban J connectivity index is 1.95. The lowest BCUT2D eigenvalue weighted by Gasteiger charge is -2.12. The van der Waals surface area contributed by atoms with Gasteiger partial charge < -0.3 is 10.2 Å². The summed E-state index contributed by atoms with van der Waals surface area (Å²) in [7, 11) is 1.41. The summed E-state index contributed by atoms with van der Waals surface area (Å²) in [5.74, 6) is -0.879. The van der Waals surface area contributed by atoms with Gasteiger partial charge >= 0.3 is 6.18 Å². The number of halogens is 4. The summed E-state index contributed by atoms with van der Waals surface area (Å²) in [6.07, 6.45) is -3.27. The summed E-state index contributed by atoms with van der Waals surface area (Å²) < 4.78 is 39.6. The molecule has 0 atom stereocenters. The largest absolute Gasteiger partial charge is 0.435 e. The standard InChI is InChI=1S/C20H15ClF3N3O2S/c1-11-26-18(20(22,23)24)17(30-11)19(28)27-16-6-4-3-5-14(16)12-7-8-13(10-25-29-2)15(21)9-12/h3-10H,1-2H3,(H,27,28). The number of nitrogens with one attached hydrogen (secondary N) is 1. The third kappa shape index (κ3) is 4.80. The third-order valence-electron chi connectivity index (χ3n) is 3.99. The van der Waals surface area contributed by atoms with E-state index in [1.54, 1.807) is 42.5 Å². The Hall–Kier alpha value is -2.91. The highest BCUT2D eigenvalue weighted by molar-refractivity contribution is 7.13. The second-order valence-electron chi connectivity index (χ2n) is 6.06. The summed E-state index contributed by atoms with van der Waals surface area (Å²) in [6.45, 7) is 1.42. The number of amides is 1. The van der Waals surface area contributed by atoms with E-state index in [1.165, 1.54) is 20.2 Å². The number of carbonyl (C=O) groups excluding carboxylic acids is 1. The van der Waals surface area contributed by atoms with Gasteiger partial charge in [0.05, 0.1) is 16.2 Å². The van der Waals surface area contributed by atoms with Crippen molar-refractivity contribution in [2.75, 3.05) is 12.4 Å². The van der Waals surface area contributed by atoms with Crippen LogP contribution in [0.4, 0.5) is 18.9 Å². The van der Waals surface area contributed by atoms with Crippen molar-refractivity contribution in [3.63, 3.8) is 0 Å². The number of para-hydroxylation sites is 1. The maximum absolute atomic E-state index is 13.2. The van der Waals surface area contributed by atoms with Gasteiger partial charge in [-0.2, -0.15) is 13.2 Å². The van der Waals surface area contributed by atoms with Gasteiger partial charge in [0.1, 0.15) is 12.0 Å². The molecule has 1 N–H and O–H groups in total. The van der Waals surface area contributed by atoms with Gasteiger partial charge in [-0.05, 0) is 24.6 Å². The molecule has 0 aliphatic carbocycles. The van der Waals surface area contributed by atoms with E-state index in [0.717, 1.165) is 0 Å². The van der Waals surface area contributed by atoms with Crippen LogP contribution in [0.2, 0.25) is 5.02 Å². The molecule has 0 bridgehead atoms. The van der Waals surface area contributed by atoms with Crippen molar-refractivity contribution in [2.45, 2.75) is 13.1 Å². The number of nitrogens with zero attached hydrogens (tertiary/aromatic N) is 2. The number of anilines is 1. The van der Waals surface area contributed by atoms with E-state index in [-0.39, 0.29) is 5.01 Å². The van der Waals surface area contributed by atoms with Crippen molar-refractivity contribution >= 4 is 40.7 Å². The molecule has 0 saturated carbocycles. The maximum Gasteiger partial charge on any atom is 0.435 e. The quantitative estimate of drug-likeness (QED) is 0.379. The number of benzene rings is 2. The monoisotopic (exact) mass is 453 g/mol. The number of rotatable bonds is 5. The second kappa shape index (κ2) is 8.85. The molecule has 30 heavy (non-hydrogen) atoms. The van der Waals surface area contributed by atoms with Crippen LogP contribution in [0.25, 0.3) is 11.1 Å². The van der Waals surface area contributed by atoms with Gasteiger partial charge in [-0.25, -0.2) is 4.98 Å². The summed E-state index contributed by atoms with van der Waals surface area (Å²) >= 11 is 6.97. The Morgan fingerprint density at radius 1 is 1.27 bits per heavy atom. The molecule has 3 rings (SSSR count). The number of aryl methyl sites for hydroxylation is 1. The molecule has 1 aromatic heterocycles. The number of thiazole rings is 1. The molecule has 156 valence electrons. The summed E-state index contributed by atoms with van der Waals surface area (Å²) in [6, 6.07) is 11.9. The predicted octanol–water partition coefficient (Wildman–Crippen LogP) is 6.02. The molecule has 0 spiro atoms. The summed E-state index contributed by atoms with van der Waals surface area (Å²) in [4.78, 5) is 20.2. The number of hydrogen-bond donors (Lipinski definition) is 1. The zero-order chi connectivity index (χ0) is 21.9. The van der Waals surface area contributed by atoms with Crippen molar-refractivity contribution in [3.05, 3.63) is 68.6 Å². The molecule has 5 nitrogen and oxygen atoms in total. The number of alkyl halides is 3. The average Bonchev–Trinajstić information content (AvgIpc) is 3.10. The first-order chi connectivity index (χ1) is 14.2. The van der Waals surface area contributed by atoms with Crippen LogP contribution in [0.3, 0.4) is 0 Å². The van der Waals surface area contributed by atoms with Crippen LogP contribution < -0.4 is 5.32 Å². The zero-order valence-corrected chi connectivity index (χ0v) is 17.3. The van der Waals surface area contributed by atoms with Crippen LogP contribution in [-0.2, 0) is 11.0 Å². The maximum atomic E-state index is 13.2. The minimum atomic E-state index is -4.72. The molecule has 0 aliphatic heterocycles. The molecule has 0 unspecified atom stereocenters. The lowest BCUT2D eigenvalue weighted by atomic mass is 10.0. The van der Waals surface area contributed by atoms with Crippen molar-refractivity contribution in [1.29, 1.82) is 0 Å². The Bertz CT molecular complexity index is 1110. The average molecular weight is 454 g/mol. The summed E-state index contributed by atoms with van der Waals surface area (Å²) in [5.41, 5.74) is 1.04. The van der Waals surface area contributed by atoms with Gasteiger partial charge in [0.25, 0.3) is 5.91 Å². The highest BCUT2D eigenvalue weighted by Gasteiger charge is 2.39. The van der Waals surface area contributed by atoms with Gasteiger partial charge in [0, 0.05) is 16.8 Å². The van der Waals surface area contributed by atoms with Crippen molar-refractivity contribution in [1.82, 2.24) is 4.98 Å². The molecular weight excluding hydrogens is 439 g/mol. The predicted molar refractivity (Wildman–Crippen MR) is 111 cm³/mol. The Morgan fingerprint density at radius 3 is 2.67 bits per heavy atom. The molecule has 1 heterocycles. The van der Waals surface area contributed by atoms with Crippen LogP contribution >= 0.6 is 22.9 Å². The lowest BCUT2D eigenvalue weighted by Crippen LogP contribution is -2.17. The third-order valence-corrected chi connectivity index (χ3v) is 5.29. The van der Waals surface area contributed by atoms with Crippen LogP contribution in [0.5, 0.6) is 0 Å². The molecule has 0 fully saturated rings.